The highest BCUT2D eigenvalue weighted by molar-refractivity contribution is 7.19. The molecule has 1 aromatic carbocycles. The van der Waals surface area contributed by atoms with Crippen LogP contribution in [0.2, 0.25) is 0 Å². The van der Waals surface area contributed by atoms with Crippen LogP contribution in [-0.2, 0) is 12.8 Å². The van der Waals surface area contributed by atoms with Gasteiger partial charge < -0.3 is 26.0 Å². The quantitative estimate of drug-likeness (QED) is 0.230. The van der Waals surface area contributed by atoms with Gasteiger partial charge in [0.05, 0.1) is 23.2 Å². The fourth-order valence-corrected chi connectivity index (χ4v) is 5.02. The number of rotatable bonds is 6. The average molecular weight is 415 g/mol. The fourth-order valence-electron chi connectivity index (χ4n) is 3.74. The first-order chi connectivity index (χ1) is 14.0. The van der Waals surface area contributed by atoms with Crippen molar-refractivity contribution in [1.29, 1.82) is 0 Å². The van der Waals surface area contributed by atoms with Crippen LogP contribution in [0.4, 0.5) is 17.2 Å². The summed E-state index contributed by atoms with van der Waals surface area (Å²) in [4.78, 5) is 10.9. The summed E-state index contributed by atoms with van der Waals surface area (Å²) in [5.74, 6) is 1.16. The van der Waals surface area contributed by atoms with E-state index < -0.39 is 6.29 Å². The monoisotopic (exact) mass is 414 g/mol. The number of benzene rings is 1. The number of anilines is 3. The van der Waals surface area contributed by atoms with Crippen LogP contribution in [0.1, 0.15) is 29.3 Å². The first-order valence-electron chi connectivity index (χ1n) is 9.51. The standard InChI is InChI=1S/C20H23N5O3S/c1-2-28-15-7-13(22)11(8-21)5-14(15)25-18-17-12-4-3-10(20(26)27)6-16(12)29-19(17)24-9-23-18/h5,7-10,20-21,26-27H,2-4,6,22H2,1H3,(H,23,24,25)/p+1. The number of aryl methyl sites for hydroxylation is 1. The summed E-state index contributed by atoms with van der Waals surface area (Å²) in [7, 11) is 0. The number of nitrogens with two attached hydrogens (primary N) is 2. The molecule has 9 heteroatoms. The Morgan fingerprint density at radius 2 is 2.24 bits per heavy atom. The molecule has 4 rings (SSSR count). The molecule has 1 atom stereocenters. The van der Waals surface area contributed by atoms with Crippen molar-refractivity contribution in [2.75, 3.05) is 17.7 Å². The topological polar surface area (TPSA) is 139 Å². The summed E-state index contributed by atoms with van der Waals surface area (Å²) < 4.78 is 5.74. The van der Waals surface area contributed by atoms with Gasteiger partial charge in [-0.2, -0.15) is 0 Å². The highest BCUT2D eigenvalue weighted by atomic mass is 32.1. The van der Waals surface area contributed by atoms with E-state index in [-0.39, 0.29) is 5.92 Å². The van der Waals surface area contributed by atoms with E-state index in [1.54, 1.807) is 17.4 Å². The number of aromatic nitrogens is 2. The number of hydrogen-bond donors (Lipinski definition) is 5. The minimum Gasteiger partial charge on any atom is -0.492 e. The van der Waals surface area contributed by atoms with Gasteiger partial charge in [0, 0.05) is 22.5 Å². The summed E-state index contributed by atoms with van der Waals surface area (Å²) >= 11 is 1.58. The molecule has 152 valence electrons. The van der Waals surface area contributed by atoms with E-state index in [1.165, 1.54) is 18.1 Å². The lowest BCUT2D eigenvalue weighted by Gasteiger charge is -2.23. The maximum atomic E-state index is 9.56. The minimum absolute atomic E-state index is 0.149. The number of nitrogens with zero attached hydrogens (tertiary/aromatic N) is 2. The van der Waals surface area contributed by atoms with Gasteiger partial charge in [-0.15, -0.1) is 11.3 Å². The molecule has 0 radical (unpaired) electrons. The molecule has 0 fully saturated rings. The van der Waals surface area contributed by atoms with Gasteiger partial charge in [0.25, 0.3) is 0 Å². The molecule has 3 aromatic rings. The molecule has 2 aromatic heterocycles. The van der Waals surface area contributed by atoms with Crippen molar-refractivity contribution in [3.8, 4) is 5.75 Å². The van der Waals surface area contributed by atoms with Gasteiger partial charge in [0.15, 0.2) is 12.5 Å². The Hall–Kier alpha value is -2.75. The Morgan fingerprint density at radius 3 is 2.97 bits per heavy atom. The maximum absolute atomic E-state index is 9.56. The second-order valence-corrected chi connectivity index (χ2v) is 8.11. The van der Waals surface area contributed by atoms with Crippen molar-refractivity contribution in [1.82, 2.24) is 9.97 Å². The maximum Gasteiger partial charge on any atom is 0.169 e. The van der Waals surface area contributed by atoms with Gasteiger partial charge in [-0.1, -0.05) is 0 Å². The van der Waals surface area contributed by atoms with Gasteiger partial charge in [0.2, 0.25) is 0 Å². The van der Waals surface area contributed by atoms with Crippen molar-refractivity contribution >= 4 is 45.0 Å². The molecule has 0 bridgehead atoms. The molecule has 0 amide bonds. The molecule has 29 heavy (non-hydrogen) atoms. The first kappa shape index (κ1) is 19.6. The van der Waals surface area contributed by atoms with E-state index in [4.69, 9.17) is 15.9 Å². The fraction of sp³-hybridized carbons (Fsp3) is 0.350. The van der Waals surface area contributed by atoms with Crippen LogP contribution in [0.5, 0.6) is 5.75 Å². The summed E-state index contributed by atoms with van der Waals surface area (Å²) in [6.45, 7) is 2.41. The Kier molecular flexibility index (Phi) is 5.35. The second-order valence-electron chi connectivity index (χ2n) is 7.02. The lowest BCUT2D eigenvalue weighted by atomic mass is 9.87. The lowest BCUT2D eigenvalue weighted by molar-refractivity contribution is -0.104. The minimum atomic E-state index is -1.30. The van der Waals surface area contributed by atoms with E-state index in [1.807, 2.05) is 13.0 Å². The van der Waals surface area contributed by atoms with Gasteiger partial charge >= 0.3 is 0 Å². The predicted octanol–water partition coefficient (Wildman–Crippen LogP) is 1.01. The predicted molar refractivity (Wildman–Crippen MR) is 114 cm³/mol. The number of nitrogen functional groups attached to an aromatic ring is 1. The molecule has 1 aliphatic rings. The van der Waals surface area contributed by atoms with Crippen LogP contribution in [-0.4, -0.2) is 39.3 Å². The number of thiophene rings is 1. The number of nitrogens with one attached hydrogen (secondary N) is 1. The second kappa shape index (κ2) is 7.94. The first-order valence-corrected chi connectivity index (χ1v) is 10.3. The molecule has 1 unspecified atom stereocenters. The number of aliphatic hydroxyl groups excluding tert-OH is 1. The summed E-state index contributed by atoms with van der Waals surface area (Å²) in [5.41, 5.74) is 9.17. The van der Waals surface area contributed by atoms with Gasteiger partial charge in [0.1, 0.15) is 22.7 Å². The SMILES string of the molecule is CCOc1cc(N)c(C=[NH2+])cc1Nc1ncnc2sc3c(c12)CCC(C(O)O)C3. The smallest absolute Gasteiger partial charge is 0.169 e. The van der Waals surface area contributed by atoms with Crippen LogP contribution in [0.25, 0.3) is 10.2 Å². The van der Waals surface area contributed by atoms with Crippen LogP contribution >= 0.6 is 11.3 Å². The molecular weight excluding hydrogens is 390 g/mol. The summed E-state index contributed by atoms with van der Waals surface area (Å²) in [6.07, 6.45) is 3.78. The molecule has 1 aliphatic carbocycles. The molecule has 2 heterocycles. The van der Waals surface area contributed by atoms with Crippen molar-refractivity contribution in [2.24, 2.45) is 5.92 Å². The highest BCUT2D eigenvalue weighted by Gasteiger charge is 2.28. The van der Waals surface area contributed by atoms with E-state index in [0.29, 0.717) is 42.3 Å². The van der Waals surface area contributed by atoms with Gasteiger partial charge in [-0.25, -0.2) is 9.97 Å². The van der Waals surface area contributed by atoms with E-state index in [9.17, 15) is 10.2 Å². The Labute approximate surface area is 171 Å². The normalized spacial score (nSPS) is 16.1. The third-order valence-electron chi connectivity index (χ3n) is 5.22. The Bertz CT molecular complexity index is 1070. The van der Waals surface area contributed by atoms with Crippen molar-refractivity contribution in [3.05, 3.63) is 34.5 Å². The van der Waals surface area contributed by atoms with Crippen molar-refractivity contribution in [3.63, 3.8) is 0 Å². The highest BCUT2D eigenvalue weighted by Crippen LogP contribution is 2.42. The zero-order valence-corrected chi connectivity index (χ0v) is 16.9. The third kappa shape index (κ3) is 3.64. The van der Waals surface area contributed by atoms with Crippen LogP contribution in [0.3, 0.4) is 0 Å². The molecule has 0 spiro atoms. The lowest BCUT2D eigenvalue weighted by Crippen LogP contribution is -2.30. The van der Waals surface area contributed by atoms with Crippen LogP contribution in [0, 0.1) is 5.92 Å². The zero-order chi connectivity index (χ0) is 20.5. The molecule has 0 saturated heterocycles. The van der Waals surface area contributed by atoms with Crippen molar-refractivity contribution < 1.29 is 20.4 Å². The number of hydrogen-bond acceptors (Lipinski definition) is 8. The van der Waals surface area contributed by atoms with Gasteiger partial charge in [-0.05, 0) is 37.8 Å². The van der Waals surface area contributed by atoms with Gasteiger partial charge in [-0.3, -0.25) is 5.41 Å². The third-order valence-corrected chi connectivity index (χ3v) is 6.39. The molecule has 7 N–H and O–H groups in total. The average Bonchev–Trinajstić information content (AvgIpc) is 3.08. The molecule has 8 nitrogen and oxygen atoms in total. The summed E-state index contributed by atoms with van der Waals surface area (Å²) in [5, 5.41) is 29.2. The number of aliphatic hydroxyl groups is 2. The zero-order valence-electron chi connectivity index (χ0n) is 16.1. The number of ether oxygens (including phenoxy) is 1. The van der Waals surface area contributed by atoms with Crippen LogP contribution in [0.15, 0.2) is 18.5 Å². The largest absolute Gasteiger partial charge is 0.492 e. The number of fused-ring (bicyclic) bond motifs is 3. The van der Waals surface area contributed by atoms with E-state index in [2.05, 4.69) is 15.3 Å². The van der Waals surface area contributed by atoms with Crippen LogP contribution < -0.4 is 21.2 Å². The Morgan fingerprint density at radius 1 is 1.41 bits per heavy atom. The van der Waals surface area contributed by atoms with Crippen molar-refractivity contribution in [2.45, 2.75) is 32.5 Å². The molecule has 0 saturated carbocycles. The molecular formula is C20H24N5O3S+. The summed E-state index contributed by atoms with van der Waals surface area (Å²) in [6, 6.07) is 3.59. The van der Waals surface area contributed by atoms with E-state index in [0.717, 1.165) is 27.2 Å². The Balaban J connectivity index is 1.77. The molecule has 0 aliphatic heterocycles. The van der Waals surface area contributed by atoms with E-state index >= 15 is 0 Å².